The molecular formula is C28H37N3O2S2. The van der Waals surface area contributed by atoms with Gasteiger partial charge in [-0.15, -0.1) is 11.3 Å². The summed E-state index contributed by atoms with van der Waals surface area (Å²) in [6.07, 6.45) is 3.75. The van der Waals surface area contributed by atoms with Crippen LogP contribution in [-0.2, 0) is 17.4 Å². The summed E-state index contributed by atoms with van der Waals surface area (Å²) in [5.74, 6) is 1.74. The van der Waals surface area contributed by atoms with Crippen LogP contribution < -0.4 is 5.32 Å². The van der Waals surface area contributed by atoms with Gasteiger partial charge in [-0.3, -0.25) is 0 Å². The SMILES string of the molecule is CC(C)(C)c1cc(-c2csc(C3CCN(C(=S)NCc4ccco4)CC3)n2)cc(C(C)(C)C)c1O. The molecule has 0 radical (unpaired) electrons. The lowest BCUT2D eigenvalue weighted by Gasteiger charge is -2.33. The number of hydrogen-bond donors (Lipinski definition) is 2. The van der Waals surface area contributed by atoms with Crippen molar-refractivity contribution in [3.8, 4) is 17.0 Å². The monoisotopic (exact) mass is 511 g/mol. The molecule has 2 aromatic heterocycles. The first-order valence-electron chi connectivity index (χ1n) is 12.3. The lowest BCUT2D eigenvalue weighted by atomic mass is 9.78. The lowest BCUT2D eigenvalue weighted by Crippen LogP contribution is -2.43. The van der Waals surface area contributed by atoms with Crippen LogP contribution in [0.4, 0.5) is 0 Å². The van der Waals surface area contributed by atoms with E-state index in [4.69, 9.17) is 21.6 Å². The number of thiazole rings is 1. The van der Waals surface area contributed by atoms with Crippen LogP contribution in [0.5, 0.6) is 5.75 Å². The molecule has 1 fully saturated rings. The van der Waals surface area contributed by atoms with E-state index in [9.17, 15) is 5.11 Å². The molecule has 0 bridgehead atoms. The Labute approximate surface area is 218 Å². The van der Waals surface area contributed by atoms with Crippen molar-refractivity contribution in [2.24, 2.45) is 0 Å². The Hall–Kier alpha value is -2.38. The molecule has 0 amide bonds. The topological polar surface area (TPSA) is 61.5 Å². The van der Waals surface area contributed by atoms with Crippen molar-refractivity contribution in [1.29, 1.82) is 0 Å². The highest BCUT2D eigenvalue weighted by molar-refractivity contribution is 7.80. The van der Waals surface area contributed by atoms with Gasteiger partial charge in [0.1, 0.15) is 11.5 Å². The first kappa shape index (κ1) is 25.7. The van der Waals surface area contributed by atoms with Gasteiger partial charge in [-0.1, -0.05) is 41.5 Å². The summed E-state index contributed by atoms with van der Waals surface area (Å²) in [5.41, 5.74) is 3.71. The van der Waals surface area contributed by atoms with Crippen LogP contribution >= 0.6 is 23.6 Å². The van der Waals surface area contributed by atoms with Crippen molar-refractivity contribution in [1.82, 2.24) is 15.2 Å². The Balaban J connectivity index is 1.47. The second-order valence-electron chi connectivity index (χ2n) is 11.5. The Morgan fingerprint density at radius 3 is 2.31 bits per heavy atom. The van der Waals surface area contributed by atoms with Crippen LogP contribution in [0.2, 0.25) is 0 Å². The minimum absolute atomic E-state index is 0.158. The summed E-state index contributed by atoms with van der Waals surface area (Å²) in [5, 5.41) is 18.5. The van der Waals surface area contributed by atoms with Crippen LogP contribution in [0.3, 0.4) is 0 Å². The fourth-order valence-corrected chi connectivity index (χ4v) is 5.81. The number of phenols is 1. The van der Waals surface area contributed by atoms with Crippen molar-refractivity contribution in [3.05, 3.63) is 57.8 Å². The number of furan rings is 1. The van der Waals surface area contributed by atoms with E-state index in [-0.39, 0.29) is 10.8 Å². The molecule has 35 heavy (non-hydrogen) atoms. The van der Waals surface area contributed by atoms with Gasteiger partial charge in [-0.25, -0.2) is 4.98 Å². The fraction of sp³-hybridized carbons (Fsp3) is 0.500. The van der Waals surface area contributed by atoms with E-state index in [1.54, 1.807) is 17.6 Å². The number of nitrogens with zero attached hydrogens (tertiary/aromatic N) is 2. The Morgan fingerprint density at radius 1 is 1.14 bits per heavy atom. The Morgan fingerprint density at radius 2 is 1.77 bits per heavy atom. The molecular weight excluding hydrogens is 474 g/mol. The quantitative estimate of drug-likeness (QED) is 0.369. The Kier molecular flexibility index (Phi) is 7.30. The van der Waals surface area contributed by atoms with Crippen molar-refractivity contribution < 1.29 is 9.52 Å². The van der Waals surface area contributed by atoms with Gasteiger partial charge in [-0.2, -0.15) is 0 Å². The number of aromatic hydroxyl groups is 1. The van der Waals surface area contributed by atoms with E-state index >= 15 is 0 Å². The molecule has 0 atom stereocenters. The van der Waals surface area contributed by atoms with Crippen molar-refractivity contribution in [2.75, 3.05) is 13.1 Å². The fourth-order valence-electron chi connectivity index (χ4n) is 4.55. The zero-order chi connectivity index (χ0) is 25.4. The molecule has 4 rings (SSSR count). The van der Waals surface area contributed by atoms with Crippen LogP contribution in [0, 0.1) is 0 Å². The van der Waals surface area contributed by atoms with Crippen molar-refractivity contribution in [2.45, 2.75) is 77.7 Å². The second-order valence-corrected chi connectivity index (χ2v) is 12.8. The van der Waals surface area contributed by atoms with Gasteiger partial charge < -0.3 is 19.7 Å². The number of piperidine rings is 1. The molecule has 1 aliphatic rings. The average molecular weight is 512 g/mol. The maximum Gasteiger partial charge on any atom is 0.169 e. The minimum Gasteiger partial charge on any atom is -0.507 e. The zero-order valence-corrected chi connectivity index (χ0v) is 23.3. The molecule has 188 valence electrons. The molecule has 0 aliphatic carbocycles. The first-order chi connectivity index (χ1) is 16.4. The normalized spacial score (nSPS) is 15.4. The third kappa shape index (κ3) is 5.89. The number of rotatable bonds is 4. The third-order valence-corrected chi connectivity index (χ3v) is 8.08. The third-order valence-electron chi connectivity index (χ3n) is 6.67. The minimum atomic E-state index is -0.158. The van der Waals surface area contributed by atoms with Gasteiger partial charge in [0.2, 0.25) is 0 Å². The molecule has 0 unspecified atom stereocenters. The van der Waals surface area contributed by atoms with E-state index in [1.165, 1.54) is 5.01 Å². The lowest BCUT2D eigenvalue weighted by molar-refractivity contribution is 0.308. The van der Waals surface area contributed by atoms with E-state index < -0.39 is 0 Å². The highest BCUT2D eigenvalue weighted by Crippen LogP contribution is 2.42. The molecule has 1 saturated heterocycles. The summed E-state index contributed by atoms with van der Waals surface area (Å²) in [4.78, 5) is 7.32. The molecule has 3 aromatic rings. The smallest absolute Gasteiger partial charge is 0.169 e. The molecule has 7 heteroatoms. The number of aromatic nitrogens is 1. The van der Waals surface area contributed by atoms with E-state index in [0.717, 1.165) is 59.2 Å². The first-order valence-corrected chi connectivity index (χ1v) is 13.6. The van der Waals surface area contributed by atoms with Gasteiger partial charge in [0.25, 0.3) is 0 Å². The maximum absolute atomic E-state index is 11.1. The number of hydrogen-bond acceptors (Lipinski definition) is 5. The predicted molar refractivity (Wildman–Crippen MR) is 148 cm³/mol. The number of phenolic OH excluding ortho intramolecular Hbond substituents is 1. The Bertz CT molecular complexity index is 1130. The summed E-state index contributed by atoms with van der Waals surface area (Å²) >= 11 is 7.35. The van der Waals surface area contributed by atoms with E-state index in [1.807, 2.05) is 12.1 Å². The van der Waals surface area contributed by atoms with Gasteiger partial charge in [0, 0.05) is 41.1 Å². The zero-order valence-electron chi connectivity index (χ0n) is 21.6. The maximum atomic E-state index is 11.1. The molecule has 0 saturated carbocycles. The van der Waals surface area contributed by atoms with Crippen molar-refractivity contribution in [3.63, 3.8) is 0 Å². The number of likely N-dealkylation sites (tertiary alicyclic amines) is 1. The number of benzene rings is 1. The molecule has 2 N–H and O–H groups in total. The van der Waals surface area contributed by atoms with Crippen molar-refractivity contribution >= 4 is 28.7 Å². The summed E-state index contributed by atoms with van der Waals surface area (Å²) in [7, 11) is 0. The molecule has 1 aromatic carbocycles. The molecule has 1 aliphatic heterocycles. The largest absolute Gasteiger partial charge is 0.507 e. The number of nitrogens with one attached hydrogen (secondary N) is 1. The second kappa shape index (κ2) is 9.94. The molecule has 3 heterocycles. The van der Waals surface area contributed by atoms with Gasteiger partial charge in [0.05, 0.1) is 23.5 Å². The standard InChI is InChI=1S/C28H37N3O2S2/c1-27(2,3)21-14-19(15-22(24(21)32)28(4,5)6)23-17-35-25(30-23)18-9-11-31(12-10-18)26(34)29-16-20-8-7-13-33-20/h7-8,13-15,17-18,32H,9-12,16H2,1-6H3,(H,29,34). The summed E-state index contributed by atoms with van der Waals surface area (Å²) in [6, 6.07) is 8.08. The van der Waals surface area contributed by atoms with E-state index in [0.29, 0.717) is 18.2 Å². The van der Waals surface area contributed by atoms with E-state index in [2.05, 4.69) is 69.3 Å². The summed E-state index contributed by atoms with van der Waals surface area (Å²) < 4.78 is 5.38. The van der Waals surface area contributed by atoms with Crippen LogP contribution in [0.15, 0.2) is 40.3 Å². The van der Waals surface area contributed by atoms with Crippen LogP contribution in [0.1, 0.15) is 82.2 Å². The predicted octanol–water partition coefficient (Wildman–Crippen LogP) is 6.96. The molecule has 0 spiro atoms. The van der Waals surface area contributed by atoms with Gasteiger partial charge in [-0.05, 0) is 60.2 Å². The van der Waals surface area contributed by atoms with Gasteiger partial charge in [0.15, 0.2) is 5.11 Å². The number of thiocarbonyl (C=S) groups is 1. The van der Waals surface area contributed by atoms with Gasteiger partial charge >= 0.3 is 0 Å². The highest BCUT2D eigenvalue weighted by Gasteiger charge is 2.28. The summed E-state index contributed by atoms with van der Waals surface area (Å²) in [6.45, 7) is 15.3. The molecule has 5 nitrogen and oxygen atoms in total. The van der Waals surface area contributed by atoms with Crippen LogP contribution in [-0.4, -0.2) is 33.2 Å². The van der Waals surface area contributed by atoms with Crippen LogP contribution in [0.25, 0.3) is 11.3 Å². The highest BCUT2D eigenvalue weighted by atomic mass is 32.1. The average Bonchev–Trinajstić information content (AvgIpc) is 3.48.